The molecule has 2 heterocycles. The average Bonchev–Trinajstić information content (AvgIpc) is 2.37. The highest BCUT2D eigenvalue weighted by atomic mass is 35.5. The number of anilines is 2. The molecule has 2 N–H and O–H groups in total. The first-order valence-electron chi connectivity index (χ1n) is 6.35. The highest BCUT2D eigenvalue weighted by molar-refractivity contribution is 6.33. The van der Waals surface area contributed by atoms with Crippen LogP contribution in [0.3, 0.4) is 0 Å². The van der Waals surface area contributed by atoms with Crippen molar-refractivity contribution in [3.63, 3.8) is 0 Å². The van der Waals surface area contributed by atoms with Gasteiger partial charge in [-0.3, -0.25) is 0 Å². The number of nitrogens with two attached hydrogens (primary N) is 1. The molecule has 1 aromatic heterocycles. The van der Waals surface area contributed by atoms with E-state index in [-0.39, 0.29) is 0 Å². The van der Waals surface area contributed by atoms with Crippen molar-refractivity contribution in [2.24, 2.45) is 5.92 Å². The molecule has 4 nitrogen and oxygen atoms in total. The fourth-order valence-corrected chi connectivity index (χ4v) is 2.69. The molecule has 5 heteroatoms. The van der Waals surface area contributed by atoms with E-state index in [9.17, 15) is 0 Å². The molecule has 0 aromatic carbocycles. The van der Waals surface area contributed by atoms with Crippen LogP contribution in [0.25, 0.3) is 0 Å². The van der Waals surface area contributed by atoms with Crippen LogP contribution in [-0.2, 0) is 4.74 Å². The summed E-state index contributed by atoms with van der Waals surface area (Å²) < 4.78 is 5.13. The zero-order valence-corrected chi connectivity index (χ0v) is 11.5. The van der Waals surface area contributed by atoms with Crippen molar-refractivity contribution in [2.75, 3.05) is 37.4 Å². The lowest BCUT2D eigenvalue weighted by atomic mass is 9.94. The van der Waals surface area contributed by atoms with Gasteiger partial charge >= 0.3 is 0 Å². The number of pyridine rings is 1. The van der Waals surface area contributed by atoms with E-state index in [1.54, 1.807) is 19.4 Å². The summed E-state index contributed by atoms with van der Waals surface area (Å²) in [6.07, 6.45) is 5.16. The number of methoxy groups -OCH3 is 1. The fourth-order valence-electron chi connectivity index (χ4n) is 2.40. The van der Waals surface area contributed by atoms with Gasteiger partial charge < -0.3 is 15.4 Å². The molecule has 0 aliphatic carbocycles. The van der Waals surface area contributed by atoms with E-state index >= 15 is 0 Å². The lowest BCUT2D eigenvalue weighted by Gasteiger charge is -2.33. The largest absolute Gasteiger partial charge is 0.397 e. The number of aromatic nitrogens is 1. The summed E-state index contributed by atoms with van der Waals surface area (Å²) in [7, 11) is 1.76. The summed E-state index contributed by atoms with van der Waals surface area (Å²) in [5, 5.41) is 0.644. The van der Waals surface area contributed by atoms with Crippen molar-refractivity contribution < 1.29 is 4.74 Å². The van der Waals surface area contributed by atoms with E-state index in [0.29, 0.717) is 10.7 Å². The van der Waals surface area contributed by atoms with Gasteiger partial charge in [0.25, 0.3) is 0 Å². The molecule has 0 bridgehead atoms. The third-order valence-corrected chi connectivity index (χ3v) is 3.77. The first kappa shape index (κ1) is 13.4. The quantitative estimate of drug-likeness (QED) is 0.913. The highest BCUT2D eigenvalue weighted by Crippen LogP contribution is 2.29. The van der Waals surface area contributed by atoms with Crippen LogP contribution in [-0.4, -0.2) is 31.8 Å². The average molecular weight is 270 g/mol. The standard InChI is InChI=1S/C13H20ClN3O/c1-18-7-4-10-2-5-17(6-3-10)13-12(14)8-11(15)9-16-13/h8-10H,2-7,15H2,1H3. The number of halogens is 1. The highest BCUT2D eigenvalue weighted by Gasteiger charge is 2.21. The SMILES string of the molecule is COCCC1CCN(c2ncc(N)cc2Cl)CC1. The number of rotatable bonds is 4. The van der Waals surface area contributed by atoms with E-state index in [1.807, 2.05) is 0 Å². The minimum atomic E-state index is 0.610. The van der Waals surface area contributed by atoms with E-state index in [4.69, 9.17) is 22.1 Å². The molecule has 0 spiro atoms. The Morgan fingerprint density at radius 2 is 2.22 bits per heavy atom. The van der Waals surface area contributed by atoms with Gasteiger partial charge in [-0.1, -0.05) is 11.6 Å². The van der Waals surface area contributed by atoms with E-state index in [1.165, 1.54) is 12.8 Å². The second-order valence-electron chi connectivity index (χ2n) is 4.79. The first-order valence-corrected chi connectivity index (χ1v) is 6.73. The predicted molar refractivity (Wildman–Crippen MR) is 75.1 cm³/mol. The second kappa shape index (κ2) is 6.25. The maximum absolute atomic E-state index is 6.18. The van der Waals surface area contributed by atoms with Gasteiger partial charge in [0.15, 0.2) is 0 Å². The summed E-state index contributed by atoms with van der Waals surface area (Å²) in [6.45, 7) is 2.86. The Hall–Kier alpha value is -1.00. The molecule has 0 saturated carbocycles. The topological polar surface area (TPSA) is 51.4 Å². The molecular formula is C13H20ClN3O. The molecule has 18 heavy (non-hydrogen) atoms. The third kappa shape index (κ3) is 3.27. The van der Waals surface area contributed by atoms with Crippen LogP contribution in [0.2, 0.25) is 5.02 Å². The van der Waals surface area contributed by atoms with Gasteiger partial charge in [0.1, 0.15) is 5.82 Å². The summed E-state index contributed by atoms with van der Waals surface area (Å²) in [4.78, 5) is 6.57. The predicted octanol–water partition coefficient (Wildman–Crippen LogP) is 2.57. The van der Waals surface area contributed by atoms with Gasteiger partial charge in [-0.15, -0.1) is 0 Å². The third-order valence-electron chi connectivity index (χ3n) is 3.49. The van der Waals surface area contributed by atoms with E-state index in [0.717, 1.165) is 37.9 Å². The van der Waals surface area contributed by atoms with E-state index in [2.05, 4.69) is 9.88 Å². The molecule has 0 unspecified atom stereocenters. The summed E-state index contributed by atoms with van der Waals surface area (Å²) in [5.41, 5.74) is 6.26. The van der Waals surface area contributed by atoms with Crippen LogP contribution in [0.4, 0.5) is 11.5 Å². The first-order chi connectivity index (χ1) is 8.70. The summed E-state index contributed by atoms with van der Waals surface area (Å²) >= 11 is 6.18. The number of ether oxygens (including phenoxy) is 1. The molecule has 1 saturated heterocycles. The van der Waals surface area contributed by atoms with E-state index < -0.39 is 0 Å². The van der Waals surface area contributed by atoms with Crippen molar-refractivity contribution in [1.29, 1.82) is 0 Å². The summed E-state index contributed by atoms with van der Waals surface area (Å²) in [6, 6.07) is 1.76. The molecular weight excluding hydrogens is 250 g/mol. The zero-order valence-electron chi connectivity index (χ0n) is 10.7. The van der Waals surface area contributed by atoms with Crippen LogP contribution in [0.15, 0.2) is 12.3 Å². The number of nitrogens with zero attached hydrogens (tertiary/aromatic N) is 2. The van der Waals surface area contributed by atoms with Gasteiger partial charge in [0, 0.05) is 26.8 Å². The van der Waals surface area contributed by atoms with Crippen molar-refractivity contribution in [2.45, 2.75) is 19.3 Å². The Balaban J connectivity index is 1.93. The van der Waals surface area contributed by atoms with Crippen LogP contribution in [0.5, 0.6) is 0 Å². The molecule has 1 fully saturated rings. The van der Waals surface area contributed by atoms with Crippen LogP contribution in [0, 0.1) is 5.92 Å². The Morgan fingerprint density at radius 3 is 2.83 bits per heavy atom. The second-order valence-corrected chi connectivity index (χ2v) is 5.19. The minimum absolute atomic E-state index is 0.610. The normalized spacial score (nSPS) is 17.1. The number of piperidine rings is 1. The number of hydrogen-bond donors (Lipinski definition) is 1. The number of hydrogen-bond acceptors (Lipinski definition) is 4. The fraction of sp³-hybridized carbons (Fsp3) is 0.615. The molecule has 0 amide bonds. The smallest absolute Gasteiger partial charge is 0.147 e. The minimum Gasteiger partial charge on any atom is -0.397 e. The monoisotopic (exact) mass is 269 g/mol. The van der Waals surface area contributed by atoms with Crippen LogP contribution < -0.4 is 10.6 Å². The van der Waals surface area contributed by atoms with Gasteiger partial charge in [-0.2, -0.15) is 0 Å². The van der Waals surface area contributed by atoms with Gasteiger partial charge in [-0.25, -0.2) is 4.98 Å². The zero-order chi connectivity index (χ0) is 13.0. The lowest BCUT2D eigenvalue weighted by Crippen LogP contribution is -2.34. The molecule has 0 radical (unpaired) electrons. The summed E-state index contributed by atoms with van der Waals surface area (Å²) in [5.74, 6) is 1.62. The van der Waals surface area contributed by atoms with Crippen molar-refractivity contribution in [3.8, 4) is 0 Å². The molecule has 1 aromatic rings. The molecule has 1 aliphatic heterocycles. The maximum Gasteiger partial charge on any atom is 0.147 e. The Morgan fingerprint density at radius 1 is 1.50 bits per heavy atom. The lowest BCUT2D eigenvalue weighted by molar-refractivity contribution is 0.170. The van der Waals surface area contributed by atoms with Gasteiger partial charge in [0.2, 0.25) is 0 Å². The van der Waals surface area contributed by atoms with Gasteiger partial charge in [0.05, 0.1) is 16.9 Å². The Kier molecular flexibility index (Phi) is 4.66. The van der Waals surface area contributed by atoms with Crippen molar-refractivity contribution in [3.05, 3.63) is 17.3 Å². The van der Waals surface area contributed by atoms with Gasteiger partial charge in [-0.05, 0) is 31.2 Å². The molecule has 2 rings (SSSR count). The van der Waals surface area contributed by atoms with Crippen molar-refractivity contribution >= 4 is 23.1 Å². The number of nitrogen functional groups attached to an aromatic ring is 1. The van der Waals surface area contributed by atoms with Crippen molar-refractivity contribution in [1.82, 2.24) is 4.98 Å². The molecule has 0 atom stereocenters. The molecule has 1 aliphatic rings. The maximum atomic E-state index is 6.18. The Bertz CT molecular complexity index is 392. The molecule has 100 valence electrons. The van der Waals surface area contributed by atoms with Crippen LogP contribution >= 0.6 is 11.6 Å². The van der Waals surface area contributed by atoms with Crippen LogP contribution in [0.1, 0.15) is 19.3 Å². The Labute approximate surface area is 113 Å².